The first-order chi connectivity index (χ1) is 7.20. The Hall–Kier alpha value is -1.36. The van der Waals surface area contributed by atoms with Crippen molar-refractivity contribution in [3.8, 4) is 17.2 Å². The van der Waals surface area contributed by atoms with Gasteiger partial charge in [0.2, 0.25) is 5.89 Å². The third-order valence-electron chi connectivity index (χ3n) is 1.92. The fourth-order valence-electron chi connectivity index (χ4n) is 1.25. The zero-order valence-corrected chi connectivity index (χ0v) is 9.91. The summed E-state index contributed by atoms with van der Waals surface area (Å²) in [5.74, 6) is 1.71. The molecule has 15 heavy (non-hydrogen) atoms. The van der Waals surface area contributed by atoms with Crippen LogP contribution in [0.2, 0.25) is 0 Å². The number of nitrogens with zero attached hydrogens (tertiary/aromatic N) is 2. The van der Waals surface area contributed by atoms with E-state index in [0.29, 0.717) is 17.5 Å². The maximum atomic E-state index is 5.34. The second-order valence-electron chi connectivity index (χ2n) is 2.97. The number of aryl methyl sites for hydroxylation is 1. The van der Waals surface area contributed by atoms with Gasteiger partial charge in [-0.05, 0) is 18.2 Å². The van der Waals surface area contributed by atoms with Crippen molar-refractivity contribution in [2.24, 2.45) is 0 Å². The summed E-state index contributed by atoms with van der Waals surface area (Å²) in [6.45, 7) is 1.75. The van der Waals surface area contributed by atoms with E-state index in [2.05, 4.69) is 26.1 Å². The first-order valence-electron chi connectivity index (χ1n) is 4.34. The molecule has 1 heterocycles. The normalized spacial score (nSPS) is 10.3. The third kappa shape index (κ3) is 2.02. The van der Waals surface area contributed by atoms with Crippen LogP contribution in [0.4, 0.5) is 0 Å². The molecule has 0 N–H and O–H groups in total. The van der Waals surface area contributed by atoms with Crippen LogP contribution < -0.4 is 4.74 Å². The van der Waals surface area contributed by atoms with Gasteiger partial charge in [0.1, 0.15) is 5.75 Å². The van der Waals surface area contributed by atoms with Crippen LogP contribution in [-0.2, 0) is 0 Å². The first kappa shape index (κ1) is 10.2. The molecule has 5 heteroatoms. The molecular formula is C10H9BrN2O2. The first-order valence-corrected chi connectivity index (χ1v) is 5.14. The molecule has 0 unspecified atom stereocenters. The van der Waals surface area contributed by atoms with Gasteiger partial charge in [0.05, 0.1) is 12.7 Å². The number of aromatic nitrogens is 2. The molecule has 2 rings (SSSR count). The number of benzene rings is 1. The Labute approximate surface area is 95.4 Å². The molecule has 0 saturated carbocycles. The molecule has 0 radical (unpaired) electrons. The summed E-state index contributed by atoms with van der Waals surface area (Å²) < 4.78 is 11.5. The lowest BCUT2D eigenvalue weighted by atomic mass is 10.2. The third-order valence-corrected chi connectivity index (χ3v) is 2.41. The van der Waals surface area contributed by atoms with Crippen LogP contribution in [0.5, 0.6) is 5.75 Å². The molecule has 0 fully saturated rings. The SMILES string of the molecule is COc1ccc(Br)cc1-c1nnc(C)o1. The Morgan fingerprint density at radius 3 is 2.73 bits per heavy atom. The summed E-state index contributed by atoms with van der Waals surface area (Å²) in [4.78, 5) is 0. The molecular weight excluding hydrogens is 260 g/mol. The van der Waals surface area contributed by atoms with Gasteiger partial charge in [-0.25, -0.2) is 0 Å². The Kier molecular flexibility index (Phi) is 2.73. The highest BCUT2D eigenvalue weighted by atomic mass is 79.9. The number of methoxy groups -OCH3 is 1. The highest BCUT2D eigenvalue weighted by molar-refractivity contribution is 9.10. The Bertz CT molecular complexity index is 482. The van der Waals surface area contributed by atoms with Crippen LogP contribution in [0, 0.1) is 6.92 Å². The lowest BCUT2D eigenvalue weighted by Crippen LogP contribution is -1.88. The average Bonchev–Trinajstić information content (AvgIpc) is 2.65. The molecule has 1 aromatic carbocycles. The van der Waals surface area contributed by atoms with E-state index in [0.717, 1.165) is 10.0 Å². The van der Waals surface area contributed by atoms with E-state index < -0.39 is 0 Å². The molecule has 0 spiro atoms. The van der Waals surface area contributed by atoms with E-state index in [1.807, 2.05) is 18.2 Å². The van der Waals surface area contributed by atoms with Gasteiger partial charge in [0.15, 0.2) is 0 Å². The molecule has 0 aliphatic rings. The zero-order chi connectivity index (χ0) is 10.8. The van der Waals surface area contributed by atoms with Crippen molar-refractivity contribution in [1.29, 1.82) is 0 Å². The standard InChI is InChI=1S/C10H9BrN2O2/c1-6-12-13-10(15-6)8-5-7(11)3-4-9(8)14-2/h3-5H,1-2H3. The number of halogens is 1. The summed E-state index contributed by atoms with van der Waals surface area (Å²) in [6.07, 6.45) is 0. The monoisotopic (exact) mass is 268 g/mol. The van der Waals surface area contributed by atoms with E-state index in [-0.39, 0.29) is 0 Å². The van der Waals surface area contributed by atoms with Crippen molar-refractivity contribution in [3.63, 3.8) is 0 Å². The molecule has 78 valence electrons. The molecule has 4 nitrogen and oxygen atoms in total. The van der Waals surface area contributed by atoms with Crippen LogP contribution in [0.1, 0.15) is 5.89 Å². The maximum Gasteiger partial charge on any atom is 0.251 e. The second-order valence-corrected chi connectivity index (χ2v) is 3.89. The molecule has 0 bridgehead atoms. The van der Waals surface area contributed by atoms with Gasteiger partial charge in [-0.15, -0.1) is 10.2 Å². The van der Waals surface area contributed by atoms with E-state index in [1.54, 1.807) is 14.0 Å². The van der Waals surface area contributed by atoms with E-state index in [9.17, 15) is 0 Å². The molecule has 0 aliphatic heterocycles. The predicted octanol–water partition coefficient (Wildman–Crippen LogP) is 2.82. The maximum absolute atomic E-state index is 5.34. The van der Waals surface area contributed by atoms with Crippen LogP contribution in [0.15, 0.2) is 27.1 Å². The van der Waals surface area contributed by atoms with Crippen molar-refractivity contribution in [2.45, 2.75) is 6.92 Å². The average molecular weight is 269 g/mol. The summed E-state index contributed by atoms with van der Waals surface area (Å²) in [5, 5.41) is 7.73. The summed E-state index contributed by atoms with van der Waals surface area (Å²) in [5.41, 5.74) is 0.785. The van der Waals surface area contributed by atoms with Gasteiger partial charge in [0, 0.05) is 11.4 Å². The van der Waals surface area contributed by atoms with E-state index >= 15 is 0 Å². The van der Waals surface area contributed by atoms with E-state index in [4.69, 9.17) is 9.15 Å². The highest BCUT2D eigenvalue weighted by Crippen LogP contribution is 2.31. The fourth-order valence-corrected chi connectivity index (χ4v) is 1.61. The molecule has 1 aromatic heterocycles. The van der Waals surface area contributed by atoms with Gasteiger partial charge in [-0.1, -0.05) is 15.9 Å². The summed E-state index contributed by atoms with van der Waals surface area (Å²) >= 11 is 3.38. The minimum absolute atomic E-state index is 0.464. The minimum atomic E-state index is 0.464. The zero-order valence-electron chi connectivity index (χ0n) is 8.32. The molecule has 0 saturated heterocycles. The van der Waals surface area contributed by atoms with Crippen LogP contribution in [0.3, 0.4) is 0 Å². The van der Waals surface area contributed by atoms with Crippen molar-refractivity contribution in [3.05, 3.63) is 28.6 Å². The number of hydrogen-bond acceptors (Lipinski definition) is 4. The van der Waals surface area contributed by atoms with E-state index in [1.165, 1.54) is 0 Å². The lowest BCUT2D eigenvalue weighted by molar-refractivity contribution is 0.414. The fraction of sp³-hybridized carbons (Fsp3) is 0.200. The summed E-state index contributed by atoms with van der Waals surface area (Å²) in [7, 11) is 1.61. The lowest BCUT2D eigenvalue weighted by Gasteiger charge is -2.04. The van der Waals surface area contributed by atoms with Gasteiger partial charge in [-0.2, -0.15) is 0 Å². The molecule has 0 aliphatic carbocycles. The molecule has 2 aromatic rings. The van der Waals surface area contributed by atoms with Crippen molar-refractivity contribution >= 4 is 15.9 Å². The van der Waals surface area contributed by atoms with Crippen molar-refractivity contribution in [2.75, 3.05) is 7.11 Å². The largest absolute Gasteiger partial charge is 0.496 e. The minimum Gasteiger partial charge on any atom is -0.496 e. The van der Waals surface area contributed by atoms with Gasteiger partial charge in [0.25, 0.3) is 5.89 Å². The van der Waals surface area contributed by atoms with Crippen molar-refractivity contribution in [1.82, 2.24) is 10.2 Å². The van der Waals surface area contributed by atoms with Gasteiger partial charge in [-0.3, -0.25) is 0 Å². The topological polar surface area (TPSA) is 48.2 Å². The number of hydrogen-bond donors (Lipinski definition) is 0. The Morgan fingerprint density at radius 1 is 1.33 bits per heavy atom. The highest BCUT2D eigenvalue weighted by Gasteiger charge is 2.12. The van der Waals surface area contributed by atoms with Gasteiger partial charge >= 0.3 is 0 Å². The van der Waals surface area contributed by atoms with Crippen LogP contribution >= 0.6 is 15.9 Å². The predicted molar refractivity (Wildman–Crippen MR) is 58.7 cm³/mol. The molecule has 0 amide bonds. The molecule has 0 atom stereocenters. The van der Waals surface area contributed by atoms with Crippen LogP contribution in [-0.4, -0.2) is 17.3 Å². The number of ether oxygens (including phenoxy) is 1. The number of rotatable bonds is 2. The quantitative estimate of drug-likeness (QED) is 0.841. The van der Waals surface area contributed by atoms with Crippen LogP contribution in [0.25, 0.3) is 11.5 Å². The Balaban J connectivity index is 2.55. The Morgan fingerprint density at radius 2 is 2.13 bits per heavy atom. The smallest absolute Gasteiger partial charge is 0.251 e. The van der Waals surface area contributed by atoms with Crippen molar-refractivity contribution < 1.29 is 9.15 Å². The summed E-state index contributed by atoms with van der Waals surface area (Å²) in [6, 6.07) is 5.62. The second kappa shape index (κ2) is 4.02. The van der Waals surface area contributed by atoms with Gasteiger partial charge < -0.3 is 9.15 Å².